The fraction of sp³-hybridized carbons (Fsp3) is 0.500. The summed E-state index contributed by atoms with van der Waals surface area (Å²) in [7, 11) is 1.60. The highest BCUT2D eigenvalue weighted by Gasteiger charge is 2.26. The van der Waals surface area contributed by atoms with Crippen LogP contribution in [0, 0.1) is 5.92 Å². The summed E-state index contributed by atoms with van der Waals surface area (Å²) >= 11 is 1.27. The number of hydrogen-bond acceptors (Lipinski definition) is 6. The van der Waals surface area contributed by atoms with Gasteiger partial charge in [0.05, 0.1) is 7.11 Å². The summed E-state index contributed by atoms with van der Waals surface area (Å²) in [6.45, 7) is 6.54. The van der Waals surface area contributed by atoms with E-state index in [9.17, 15) is 9.59 Å². The maximum absolute atomic E-state index is 12.8. The zero-order valence-electron chi connectivity index (χ0n) is 17.3. The first-order valence-corrected chi connectivity index (χ1v) is 10.6. The lowest BCUT2D eigenvalue weighted by Gasteiger charge is -2.23. The Hall–Kier alpha value is -2.68. The van der Waals surface area contributed by atoms with Crippen LogP contribution in [0.1, 0.15) is 40.0 Å². The Bertz CT molecular complexity index is 811. The molecule has 0 unspecified atom stereocenters. The Kier molecular flexibility index (Phi) is 8.85. The Morgan fingerprint density at radius 3 is 2.72 bits per heavy atom. The Morgan fingerprint density at radius 2 is 2.03 bits per heavy atom. The molecule has 0 saturated heterocycles. The number of amides is 3. The average molecular weight is 420 g/mol. The fourth-order valence-corrected chi connectivity index (χ4v) is 3.35. The van der Waals surface area contributed by atoms with Crippen molar-refractivity contribution in [3.63, 3.8) is 0 Å². The van der Waals surface area contributed by atoms with E-state index >= 15 is 0 Å². The number of ether oxygens (including phenoxy) is 1. The average Bonchev–Trinajstić information content (AvgIpc) is 3.20. The molecule has 158 valence electrons. The Morgan fingerprint density at radius 1 is 1.24 bits per heavy atom. The molecular weight excluding hydrogens is 390 g/mol. The monoisotopic (exact) mass is 419 g/mol. The Balaban J connectivity index is 2.05. The quantitative estimate of drug-likeness (QED) is 0.510. The molecule has 1 aromatic carbocycles. The van der Waals surface area contributed by atoms with Gasteiger partial charge in [-0.3, -0.25) is 10.1 Å². The number of nitrogens with one attached hydrogen (secondary N) is 3. The van der Waals surface area contributed by atoms with Crippen LogP contribution in [0.2, 0.25) is 0 Å². The number of anilines is 1. The molecule has 3 N–H and O–H groups in total. The van der Waals surface area contributed by atoms with Crippen molar-refractivity contribution in [2.24, 2.45) is 5.92 Å². The van der Waals surface area contributed by atoms with Crippen molar-refractivity contribution in [3.05, 3.63) is 24.3 Å². The Labute approximate surface area is 175 Å². The highest BCUT2D eigenvalue weighted by atomic mass is 32.1. The standard InChI is InChI=1S/C20H29N5O3S/c1-5-7-11-21-19(27)22-16(13(3)6-2)17(26)23-20-25-24-18(29-20)14-9-8-10-15(12-14)28-4/h8-10,12-13,16H,5-7,11H2,1-4H3,(H2,21,22,27)(H,23,25,26)/t13-,16+/m1/s1. The lowest BCUT2D eigenvalue weighted by molar-refractivity contribution is -0.119. The molecule has 2 aromatic rings. The van der Waals surface area contributed by atoms with E-state index in [-0.39, 0.29) is 17.9 Å². The zero-order valence-corrected chi connectivity index (χ0v) is 18.1. The van der Waals surface area contributed by atoms with E-state index in [1.165, 1.54) is 11.3 Å². The predicted octanol–water partition coefficient (Wildman–Crippen LogP) is 3.67. The van der Waals surface area contributed by atoms with Crippen molar-refractivity contribution in [3.8, 4) is 16.3 Å². The number of hydrogen-bond donors (Lipinski definition) is 3. The van der Waals surface area contributed by atoms with Gasteiger partial charge in [0, 0.05) is 12.1 Å². The number of benzene rings is 1. The second kappa shape index (κ2) is 11.4. The lowest BCUT2D eigenvalue weighted by Crippen LogP contribution is -2.51. The van der Waals surface area contributed by atoms with Crippen molar-refractivity contribution in [1.29, 1.82) is 0 Å². The third-order valence-electron chi connectivity index (χ3n) is 4.57. The first kappa shape index (κ1) is 22.6. The molecule has 1 heterocycles. The van der Waals surface area contributed by atoms with Gasteiger partial charge in [0.2, 0.25) is 11.0 Å². The van der Waals surface area contributed by atoms with E-state index in [1.807, 2.05) is 38.1 Å². The minimum Gasteiger partial charge on any atom is -0.497 e. The fourth-order valence-electron chi connectivity index (χ4n) is 2.60. The molecule has 0 fully saturated rings. The van der Waals surface area contributed by atoms with Crippen LogP contribution in [0.15, 0.2) is 24.3 Å². The third-order valence-corrected chi connectivity index (χ3v) is 5.46. The van der Waals surface area contributed by atoms with E-state index in [0.29, 0.717) is 16.7 Å². The SMILES string of the molecule is CCCCNC(=O)N[C@H](C(=O)Nc1nnc(-c2cccc(OC)c2)s1)[C@H](C)CC. The molecule has 0 aliphatic heterocycles. The molecule has 9 heteroatoms. The maximum Gasteiger partial charge on any atom is 0.315 e. The molecular formula is C20H29N5O3S. The van der Waals surface area contributed by atoms with Gasteiger partial charge < -0.3 is 15.4 Å². The highest BCUT2D eigenvalue weighted by molar-refractivity contribution is 7.18. The van der Waals surface area contributed by atoms with Gasteiger partial charge in [-0.25, -0.2) is 4.79 Å². The van der Waals surface area contributed by atoms with Crippen molar-refractivity contribution in [2.75, 3.05) is 19.0 Å². The summed E-state index contributed by atoms with van der Waals surface area (Å²) in [5.74, 6) is 0.384. The number of aromatic nitrogens is 2. The number of urea groups is 1. The molecule has 1 aromatic heterocycles. The van der Waals surface area contributed by atoms with E-state index in [2.05, 4.69) is 33.1 Å². The van der Waals surface area contributed by atoms with Gasteiger partial charge >= 0.3 is 6.03 Å². The van der Waals surface area contributed by atoms with Crippen molar-refractivity contribution >= 4 is 28.4 Å². The molecule has 3 amide bonds. The predicted molar refractivity (Wildman–Crippen MR) is 115 cm³/mol. The molecule has 2 rings (SSSR count). The van der Waals surface area contributed by atoms with Crippen LogP contribution in [-0.4, -0.2) is 41.8 Å². The summed E-state index contributed by atoms with van der Waals surface area (Å²) in [4.78, 5) is 24.9. The number of unbranched alkanes of at least 4 members (excludes halogenated alkanes) is 1. The van der Waals surface area contributed by atoms with Crippen molar-refractivity contribution in [2.45, 2.75) is 46.1 Å². The van der Waals surface area contributed by atoms with Gasteiger partial charge in [0.1, 0.15) is 16.8 Å². The van der Waals surface area contributed by atoms with Gasteiger partial charge in [-0.1, -0.05) is 57.1 Å². The molecule has 29 heavy (non-hydrogen) atoms. The van der Waals surface area contributed by atoms with Crippen LogP contribution in [0.5, 0.6) is 5.75 Å². The van der Waals surface area contributed by atoms with Crippen LogP contribution >= 0.6 is 11.3 Å². The molecule has 0 aliphatic rings. The maximum atomic E-state index is 12.8. The second-order valence-electron chi connectivity index (χ2n) is 6.75. The van der Waals surface area contributed by atoms with E-state index < -0.39 is 6.04 Å². The first-order chi connectivity index (χ1) is 14.0. The van der Waals surface area contributed by atoms with Crippen LogP contribution in [0.3, 0.4) is 0 Å². The number of methoxy groups -OCH3 is 1. The van der Waals surface area contributed by atoms with Gasteiger partial charge in [0.15, 0.2) is 0 Å². The molecule has 0 aliphatic carbocycles. The van der Waals surface area contributed by atoms with Crippen LogP contribution < -0.4 is 20.7 Å². The number of carbonyl (C=O) groups excluding carboxylic acids is 2. The summed E-state index contributed by atoms with van der Waals surface area (Å²) < 4.78 is 5.23. The normalized spacial score (nSPS) is 12.7. The molecule has 0 bridgehead atoms. The molecule has 2 atom stereocenters. The van der Waals surface area contributed by atoms with E-state index in [4.69, 9.17) is 4.74 Å². The highest BCUT2D eigenvalue weighted by Crippen LogP contribution is 2.29. The second-order valence-corrected chi connectivity index (χ2v) is 7.73. The minimum absolute atomic E-state index is 0.0299. The first-order valence-electron chi connectivity index (χ1n) is 9.81. The van der Waals surface area contributed by atoms with Crippen LogP contribution in [-0.2, 0) is 4.79 Å². The summed E-state index contributed by atoms with van der Waals surface area (Å²) in [6, 6.07) is 6.48. The zero-order chi connectivity index (χ0) is 21.2. The van der Waals surface area contributed by atoms with Crippen LogP contribution in [0.4, 0.5) is 9.93 Å². The van der Waals surface area contributed by atoms with Gasteiger partial charge in [-0.15, -0.1) is 10.2 Å². The molecule has 0 spiro atoms. The number of rotatable bonds is 10. The number of nitrogens with zero attached hydrogens (tertiary/aromatic N) is 2. The van der Waals surface area contributed by atoms with Crippen molar-refractivity contribution < 1.29 is 14.3 Å². The molecule has 8 nitrogen and oxygen atoms in total. The van der Waals surface area contributed by atoms with Crippen molar-refractivity contribution in [1.82, 2.24) is 20.8 Å². The number of carbonyl (C=O) groups is 2. The smallest absolute Gasteiger partial charge is 0.315 e. The largest absolute Gasteiger partial charge is 0.497 e. The van der Waals surface area contributed by atoms with E-state index in [1.54, 1.807) is 7.11 Å². The lowest BCUT2D eigenvalue weighted by atomic mass is 9.98. The summed E-state index contributed by atoms with van der Waals surface area (Å²) in [5.41, 5.74) is 0.856. The van der Waals surface area contributed by atoms with Gasteiger partial charge in [0.25, 0.3) is 0 Å². The third kappa shape index (κ3) is 6.70. The molecule has 0 saturated carbocycles. The van der Waals surface area contributed by atoms with Gasteiger partial charge in [-0.2, -0.15) is 0 Å². The summed E-state index contributed by atoms with van der Waals surface area (Å²) in [5, 5.41) is 17.6. The molecule has 0 radical (unpaired) electrons. The van der Waals surface area contributed by atoms with Crippen LogP contribution in [0.25, 0.3) is 10.6 Å². The summed E-state index contributed by atoms with van der Waals surface area (Å²) in [6.07, 6.45) is 2.63. The van der Waals surface area contributed by atoms with Gasteiger partial charge in [-0.05, 0) is 24.5 Å². The topological polar surface area (TPSA) is 105 Å². The minimum atomic E-state index is -0.661. The van der Waals surface area contributed by atoms with E-state index in [0.717, 1.165) is 30.6 Å².